The molecule has 0 saturated carbocycles. The van der Waals surface area contributed by atoms with Crippen LogP contribution in [0, 0.1) is 0 Å². The van der Waals surface area contributed by atoms with Gasteiger partial charge in [0.2, 0.25) is 11.4 Å². The molecule has 0 amide bonds. The van der Waals surface area contributed by atoms with Crippen molar-refractivity contribution in [3.05, 3.63) is 114 Å². The van der Waals surface area contributed by atoms with Gasteiger partial charge in [0.1, 0.15) is 19.8 Å². The summed E-state index contributed by atoms with van der Waals surface area (Å²) in [6, 6.07) is 23.6. The fraction of sp³-hybridized carbons (Fsp3) is 0.235. The molecule has 0 fully saturated rings. The van der Waals surface area contributed by atoms with Crippen molar-refractivity contribution in [3.63, 3.8) is 0 Å². The molecule has 2 heterocycles. The molecule has 2 aliphatic heterocycles. The first kappa shape index (κ1) is 24.7. The largest absolute Gasteiger partial charge is 0.465 e. The first-order chi connectivity index (χ1) is 17.7. The molecule has 3 aromatic rings. The molecular weight excluding hydrogens is 452 g/mol. The Morgan fingerprint density at radius 3 is 1.70 bits per heavy atom. The van der Waals surface area contributed by atoms with E-state index in [2.05, 4.69) is 142 Å². The molecule has 37 heavy (non-hydrogen) atoms. The Morgan fingerprint density at radius 2 is 1.19 bits per heavy atom. The van der Waals surface area contributed by atoms with Crippen LogP contribution < -0.4 is 4.74 Å². The van der Waals surface area contributed by atoms with Crippen molar-refractivity contribution < 1.29 is 13.9 Å². The molecule has 0 saturated heterocycles. The average molecular weight is 489 g/mol. The van der Waals surface area contributed by atoms with E-state index >= 15 is 0 Å². The summed E-state index contributed by atoms with van der Waals surface area (Å²) in [5.41, 5.74) is 9.76. The van der Waals surface area contributed by atoms with Gasteiger partial charge < -0.3 is 4.74 Å². The Kier molecular flexibility index (Phi) is 6.11. The Labute approximate surface area is 221 Å². The first-order valence-electron chi connectivity index (χ1n) is 12.9. The van der Waals surface area contributed by atoms with Gasteiger partial charge in [-0.15, -0.1) is 0 Å². The van der Waals surface area contributed by atoms with E-state index in [0.29, 0.717) is 0 Å². The van der Waals surface area contributed by atoms with E-state index in [-0.39, 0.29) is 10.8 Å². The van der Waals surface area contributed by atoms with E-state index in [1.807, 2.05) is 6.07 Å². The summed E-state index contributed by atoms with van der Waals surface area (Å²) in [4.78, 5) is 0. The van der Waals surface area contributed by atoms with Gasteiger partial charge in [-0.1, -0.05) is 49.0 Å². The predicted octanol–water partition coefficient (Wildman–Crippen LogP) is 7.65. The lowest BCUT2D eigenvalue weighted by molar-refractivity contribution is -0.401. The summed E-state index contributed by atoms with van der Waals surface area (Å²) in [5.74, 6) is 0.790. The van der Waals surface area contributed by atoms with Crippen LogP contribution in [-0.2, 0) is 10.8 Å². The van der Waals surface area contributed by atoms with Crippen molar-refractivity contribution in [1.82, 2.24) is 0 Å². The molecule has 3 aromatic carbocycles. The maximum atomic E-state index is 5.77. The Hall–Kier alpha value is -3.98. The summed E-state index contributed by atoms with van der Waals surface area (Å²) in [7, 11) is 4.29. The average Bonchev–Trinajstić information content (AvgIpc) is 3.20. The van der Waals surface area contributed by atoms with Crippen LogP contribution in [0.2, 0.25) is 0 Å². The molecule has 0 aliphatic carbocycles. The highest BCUT2D eigenvalue weighted by atomic mass is 16.5. The van der Waals surface area contributed by atoms with Crippen LogP contribution in [-0.4, -0.2) is 34.7 Å². The maximum absolute atomic E-state index is 5.77. The van der Waals surface area contributed by atoms with Crippen LogP contribution >= 0.6 is 0 Å². The number of hydrogen-bond donors (Lipinski definition) is 0. The number of fused-ring (bicyclic) bond motifs is 2. The van der Waals surface area contributed by atoms with Crippen LogP contribution in [0.5, 0.6) is 5.75 Å². The maximum Gasteiger partial charge on any atom is 0.209 e. The molecule has 0 radical (unpaired) electrons. The number of rotatable bonds is 6. The van der Waals surface area contributed by atoms with E-state index < -0.39 is 0 Å². The van der Waals surface area contributed by atoms with Crippen molar-refractivity contribution in [1.29, 1.82) is 0 Å². The van der Waals surface area contributed by atoms with Crippen molar-refractivity contribution in [3.8, 4) is 5.75 Å². The topological polar surface area (TPSA) is 15.2 Å². The second kappa shape index (κ2) is 9.15. The van der Waals surface area contributed by atoms with Crippen LogP contribution in [0.3, 0.4) is 0 Å². The highest BCUT2D eigenvalue weighted by molar-refractivity contribution is 6.06. The Bertz CT molecular complexity index is 1530. The van der Waals surface area contributed by atoms with E-state index in [9.17, 15) is 0 Å². The molecule has 0 bridgehead atoms. The second-order valence-corrected chi connectivity index (χ2v) is 10.9. The van der Waals surface area contributed by atoms with Gasteiger partial charge in [-0.3, -0.25) is 0 Å². The zero-order valence-electron chi connectivity index (χ0n) is 22.7. The number of nitrogens with zero attached hydrogens (tertiary/aromatic N) is 2. The minimum Gasteiger partial charge on any atom is -0.465 e. The zero-order valence-corrected chi connectivity index (χ0v) is 22.7. The van der Waals surface area contributed by atoms with Crippen molar-refractivity contribution in [2.24, 2.45) is 0 Å². The molecule has 3 nitrogen and oxygen atoms in total. The lowest BCUT2D eigenvalue weighted by Gasteiger charge is -2.15. The van der Waals surface area contributed by atoms with Gasteiger partial charge in [-0.2, -0.15) is 9.15 Å². The minimum atomic E-state index is -0.0803. The molecule has 5 rings (SSSR count). The van der Waals surface area contributed by atoms with Gasteiger partial charge in [0.15, 0.2) is 11.4 Å². The van der Waals surface area contributed by atoms with Crippen molar-refractivity contribution in [2.45, 2.75) is 38.5 Å². The van der Waals surface area contributed by atoms with Gasteiger partial charge in [0.25, 0.3) is 0 Å². The highest BCUT2D eigenvalue weighted by Gasteiger charge is 2.43. The predicted molar refractivity (Wildman–Crippen MR) is 156 cm³/mol. The van der Waals surface area contributed by atoms with Gasteiger partial charge in [0, 0.05) is 41.0 Å². The molecule has 186 valence electrons. The van der Waals surface area contributed by atoms with E-state index in [0.717, 1.165) is 16.9 Å². The third kappa shape index (κ3) is 4.09. The first-order valence-corrected chi connectivity index (χ1v) is 12.9. The molecule has 2 aliphatic rings. The minimum absolute atomic E-state index is 0.0548. The molecule has 0 N–H and O–H groups in total. The standard InChI is InChI=1S/C34H36N2O/c1-8-37-30-20-17-24(18-21-31-33(2,3)26-13-9-11-15-28(26)35(31)6)23-25(30)19-22-32-34(4,5)27-14-10-12-16-29(27)36(32)7/h8-23H,1H2,2-7H3/q+2/b21-18+,22-19+. The monoisotopic (exact) mass is 488 g/mol. The molecular formula is C34H36N2O+2. The third-order valence-electron chi connectivity index (χ3n) is 7.98. The van der Waals surface area contributed by atoms with Crippen LogP contribution in [0.25, 0.3) is 12.2 Å². The molecule has 0 aromatic heterocycles. The molecule has 0 unspecified atom stereocenters. The van der Waals surface area contributed by atoms with Gasteiger partial charge in [0.05, 0.1) is 17.1 Å². The van der Waals surface area contributed by atoms with E-state index in [4.69, 9.17) is 4.74 Å². The van der Waals surface area contributed by atoms with Crippen LogP contribution in [0.15, 0.2) is 91.7 Å². The summed E-state index contributed by atoms with van der Waals surface area (Å²) < 4.78 is 10.4. The van der Waals surface area contributed by atoms with Gasteiger partial charge >= 0.3 is 0 Å². The second-order valence-electron chi connectivity index (χ2n) is 10.9. The highest BCUT2D eigenvalue weighted by Crippen LogP contribution is 2.40. The molecule has 0 spiro atoms. The summed E-state index contributed by atoms with van der Waals surface area (Å²) >= 11 is 0. The smallest absolute Gasteiger partial charge is 0.209 e. The number of hydrogen-bond acceptors (Lipinski definition) is 1. The SMILES string of the molecule is C=COc1ccc(/C=C/C2=[N+](C)c3ccccc3C2(C)C)cc1/C=C/C1=[N+](C)c2ccccc2C1(C)C. The Morgan fingerprint density at radius 1 is 0.676 bits per heavy atom. The fourth-order valence-corrected chi connectivity index (χ4v) is 5.95. The third-order valence-corrected chi connectivity index (χ3v) is 7.98. The molecule has 0 atom stereocenters. The molecule has 3 heteroatoms. The lowest BCUT2D eigenvalue weighted by Crippen LogP contribution is -2.26. The number of allylic oxidation sites excluding steroid dienone is 2. The van der Waals surface area contributed by atoms with E-state index in [1.54, 1.807) is 0 Å². The van der Waals surface area contributed by atoms with Crippen molar-refractivity contribution >= 4 is 35.0 Å². The number of para-hydroxylation sites is 2. The van der Waals surface area contributed by atoms with Crippen molar-refractivity contribution in [2.75, 3.05) is 14.1 Å². The normalized spacial score (nSPS) is 17.6. The van der Waals surface area contributed by atoms with Gasteiger partial charge in [-0.05, 0) is 57.5 Å². The van der Waals surface area contributed by atoms with E-state index in [1.165, 1.54) is 40.2 Å². The van der Waals surface area contributed by atoms with Gasteiger partial charge in [-0.25, -0.2) is 0 Å². The lowest BCUT2D eigenvalue weighted by atomic mass is 9.81. The van der Waals surface area contributed by atoms with Crippen LogP contribution in [0.4, 0.5) is 11.4 Å². The number of benzene rings is 3. The summed E-state index contributed by atoms with van der Waals surface area (Å²) in [6.07, 6.45) is 10.3. The number of ether oxygens (including phenoxy) is 1. The van der Waals surface area contributed by atoms with Crippen LogP contribution in [0.1, 0.15) is 49.9 Å². The summed E-state index contributed by atoms with van der Waals surface area (Å²) in [6.45, 7) is 12.9. The summed E-state index contributed by atoms with van der Waals surface area (Å²) in [5, 5.41) is 0. The fourth-order valence-electron chi connectivity index (χ4n) is 5.95. The Balaban J connectivity index is 1.49. The zero-order chi connectivity index (χ0) is 26.4. The quantitative estimate of drug-likeness (QED) is 0.257.